The number of ether oxygens (including phenoxy) is 1. The third-order valence-corrected chi connectivity index (χ3v) is 4.72. The van der Waals surface area contributed by atoms with E-state index in [1.54, 1.807) is 6.08 Å². The lowest BCUT2D eigenvalue weighted by molar-refractivity contribution is -0.139. The van der Waals surface area contributed by atoms with Crippen molar-refractivity contribution in [2.24, 2.45) is 0 Å². The van der Waals surface area contributed by atoms with Crippen LogP contribution < -0.4 is 0 Å². The number of carbonyl (C=O) groups excluding carboxylic acids is 1. The van der Waals surface area contributed by atoms with Gasteiger partial charge in [-0.15, -0.1) is 0 Å². The number of esters is 1. The Bertz CT molecular complexity index is 464. The third-order valence-electron chi connectivity index (χ3n) is 3.11. The Morgan fingerprint density at radius 1 is 1.33 bits per heavy atom. The predicted molar refractivity (Wildman–Crippen MR) is 67.9 cm³/mol. The van der Waals surface area contributed by atoms with Crippen LogP contribution in [0.4, 0.5) is 0 Å². The maximum atomic E-state index is 11.5. The molecule has 2 aliphatic rings. The van der Waals surface area contributed by atoms with Gasteiger partial charge in [-0.3, -0.25) is 4.90 Å². The second-order valence-corrected chi connectivity index (χ2v) is 6.76. The van der Waals surface area contributed by atoms with Crippen LogP contribution in [0, 0.1) is 0 Å². The van der Waals surface area contributed by atoms with E-state index >= 15 is 0 Å². The van der Waals surface area contributed by atoms with Crippen LogP contribution in [0.25, 0.3) is 0 Å². The molecular formula is C12H17NO4S. The van der Waals surface area contributed by atoms with Crippen LogP contribution in [0.3, 0.4) is 0 Å². The fraction of sp³-hybridized carbons (Fsp3) is 0.583. The molecule has 0 bridgehead atoms. The molecule has 0 atom stereocenters. The highest BCUT2D eigenvalue weighted by Gasteiger charge is 2.21. The number of allylic oxidation sites excluding steroid dienone is 3. The molecule has 100 valence electrons. The first-order valence-corrected chi connectivity index (χ1v) is 7.84. The zero-order valence-corrected chi connectivity index (χ0v) is 11.0. The van der Waals surface area contributed by atoms with Crippen molar-refractivity contribution in [2.45, 2.75) is 6.42 Å². The largest absolute Gasteiger partial charge is 0.461 e. The number of hydrogen-bond acceptors (Lipinski definition) is 5. The van der Waals surface area contributed by atoms with E-state index in [-0.39, 0.29) is 17.5 Å². The summed E-state index contributed by atoms with van der Waals surface area (Å²) in [5, 5.41) is 0. The molecule has 0 aromatic heterocycles. The van der Waals surface area contributed by atoms with Crippen LogP contribution >= 0.6 is 0 Å². The van der Waals surface area contributed by atoms with E-state index in [1.165, 1.54) is 0 Å². The first-order valence-electron chi connectivity index (χ1n) is 6.02. The van der Waals surface area contributed by atoms with Gasteiger partial charge in [0, 0.05) is 25.2 Å². The van der Waals surface area contributed by atoms with Crippen LogP contribution in [-0.2, 0) is 19.4 Å². The van der Waals surface area contributed by atoms with Crippen molar-refractivity contribution < 1.29 is 17.9 Å². The summed E-state index contributed by atoms with van der Waals surface area (Å²) in [5.74, 6) is 0.135. The molecule has 1 aliphatic heterocycles. The number of sulfone groups is 1. The molecule has 1 heterocycles. The fourth-order valence-electron chi connectivity index (χ4n) is 1.93. The average Bonchev–Trinajstić information content (AvgIpc) is 2.85. The van der Waals surface area contributed by atoms with Crippen LogP contribution in [0.2, 0.25) is 0 Å². The molecule has 0 unspecified atom stereocenters. The molecule has 0 radical (unpaired) electrons. The molecule has 0 aromatic rings. The predicted octanol–water partition coefficient (Wildman–Crippen LogP) is 0.146. The Morgan fingerprint density at radius 2 is 2.06 bits per heavy atom. The van der Waals surface area contributed by atoms with Crippen LogP contribution in [0.1, 0.15) is 6.42 Å². The minimum Gasteiger partial charge on any atom is -0.461 e. The van der Waals surface area contributed by atoms with Crippen molar-refractivity contribution in [1.82, 2.24) is 4.90 Å². The van der Waals surface area contributed by atoms with Gasteiger partial charge in [0.2, 0.25) is 0 Å². The number of nitrogens with zero attached hydrogens (tertiary/aromatic N) is 1. The van der Waals surface area contributed by atoms with Crippen LogP contribution in [0.5, 0.6) is 0 Å². The van der Waals surface area contributed by atoms with E-state index in [0.29, 0.717) is 38.2 Å². The quantitative estimate of drug-likeness (QED) is 0.681. The summed E-state index contributed by atoms with van der Waals surface area (Å²) in [7, 11) is -2.84. The van der Waals surface area contributed by atoms with Gasteiger partial charge >= 0.3 is 5.97 Å². The van der Waals surface area contributed by atoms with E-state index < -0.39 is 9.84 Å². The summed E-state index contributed by atoms with van der Waals surface area (Å²) in [6, 6.07) is 0. The zero-order chi connectivity index (χ0) is 13.0. The van der Waals surface area contributed by atoms with E-state index in [4.69, 9.17) is 4.74 Å². The van der Waals surface area contributed by atoms with E-state index in [2.05, 4.69) is 0 Å². The fourth-order valence-corrected chi connectivity index (χ4v) is 3.21. The van der Waals surface area contributed by atoms with Gasteiger partial charge < -0.3 is 4.74 Å². The molecular weight excluding hydrogens is 254 g/mol. The van der Waals surface area contributed by atoms with E-state index in [1.807, 2.05) is 17.1 Å². The standard InChI is InChI=1S/C12H17NO4S/c14-12(11-3-1-2-4-11)17-8-5-13-6-9-18(15,16)10-7-13/h1-3H,4-10H2. The number of hydrogen-bond donors (Lipinski definition) is 0. The SMILES string of the molecule is O=C(OCCN1CCS(=O)(=O)CC1)C1=CC=CC1. The van der Waals surface area contributed by atoms with Gasteiger partial charge in [0.1, 0.15) is 6.61 Å². The Hall–Kier alpha value is -1.14. The maximum absolute atomic E-state index is 11.5. The lowest BCUT2D eigenvalue weighted by Gasteiger charge is -2.26. The lowest BCUT2D eigenvalue weighted by Crippen LogP contribution is -2.41. The second-order valence-electron chi connectivity index (χ2n) is 4.45. The Kier molecular flexibility index (Phi) is 4.19. The monoisotopic (exact) mass is 271 g/mol. The smallest absolute Gasteiger partial charge is 0.334 e. The van der Waals surface area contributed by atoms with Crippen LogP contribution in [-0.4, -0.2) is 57.0 Å². The van der Waals surface area contributed by atoms with Gasteiger partial charge in [0.25, 0.3) is 0 Å². The molecule has 6 heteroatoms. The highest BCUT2D eigenvalue weighted by Crippen LogP contribution is 2.11. The van der Waals surface area contributed by atoms with Gasteiger partial charge in [0.05, 0.1) is 11.5 Å². The van der Waals surface area contributed by atoms with Crippen molar-refractivity contribution in [3.63, 3.8) is 0 Å². The van der Waals surface area contributed by atoms with Crippen molar-refractivity contribution in [3.05, 3.63) is 23.8 Å². The van der Waals surface area contributed by atoms with Crippen molar-refractivity contribution >= 4 is 15.8 Å². The van der Waals surface area contributed by atoms with Gasteiger partial charge in [-0.1, -0.05) is 18.2 Å². The summed E-state index contributed by atoms with van der Waals surface area (Å²) >= 11 is 0. The maximum Gasteiger partial charge on any atom is 0.334 e. The molecule has 0 amide bonds. The van der Waals surface area contributed by atoms with E-state index in [0.717, 1.165) is 0 Å². The van der Waals surface area contributed by atoms with Crippen LogP contribution in [0.15, 0.2) is 23.8 Å². The molecule has 0 spiro atoms. The third kappa shape index (κ3) is 3.68. The van der Waals surface area contributed by atoms with Gasteiger partial charge in [0.15, 0.2) is 9.84 Å². The molecule has 2 rings (SSSR count). The molecule has 0 N–H and O–H groups in total. The molecule has 5 nitrogen and oxygen atoms in total. The van der Waals surface area contributed by atoms with Crippen molar-refractivity contribution in [1.29, 1.82) is 0 Å². The summed E-state index contributed by atoms with van der Waals surface area (Å²) < 4.78 is 27.6. The molecule has 1 aliphatic carbocycles. The topological polar surface area (TPSA) is 63.7 Å². The van der Waals surface area contributed by atoms with Crippen molar-refractivity contribution in [3.8, 4) is 0 Å². The zero-order valence-electron chi connectivity index (χ0n) is 10.2. The molecule has 0 saturated carbocycles. The highest BCUT2D eigenvalue weighted by atomic mass is 32.2. The summed E-state index contributed by atoms with van der Waals surface area (Å²) in [5.41, 5.74) is 0.677. The Balaban J connectivity index is 1.66. The first kappa shape index (κ1) is 13.3. The molecule has 1 fully saturated rings. The Morgan fingerprint density at radius 3 is 2.67 bits per heavy atom. The first-order chi connectivity index (χ1) is 8.57. The minimum atomic E-state index is -2.84. The van der Waals surface area contributed by atoms with Crippen molar-refractivity contribution in [2.75, 3.05) is 37.7 Å². The number of rotatable bonds is 4. The Labute approximate surface area is 107 Å². The van der Waals surface area contributed by atoms with Gasteiger partial charge in [-0.05, 0) is 6.42 Å². The number of carbonyl (C=O) groups is 1. The lowest BCUT2D eigenvalue weighted by atomic mass is 10.2. The molecule has 18 heavy (non-hydrogen) atoms. The average molecular weight is 271 g/mol. The molecule has 0 aromatic carbocycles. The van der Waals surface area contributed by atoms with Gasteiger partial charge in [-0.25, -0.2) is 13.2 Å². The van der Waals surface area contributed by atoms with E-state index in [9.17, 15) is 13.2 Å². The summed E-state index contributed by atoms with van der Waals surface area (Å²) in [4.78, 5) is 13.6. The van der Waals surface area contributed by atoms with Gasteiger partial charge in [-0.2, -0.15) is 0 Å². The summed E-state index contributed by atoms with van der Waals surface area (Å²) in [6.45, 7) is 1.98. The normalized spacial score (nSPS) is 22.8. The molecule has 1 saturated heterocycles. The minimum absolute atomic E-state index is 0.204. The summed E-state index contributed by atoms with van der Waals surface area (Å²) in [6.07, 6.45) is 6.15. The second kappa shape index (κ2) is 5.67. The highest BCUT2D eigenvalue weighted by molar-refractivity contribution is 7.91.